The lowest BCUT2D eigenvalue weighted by molar-refractivity contribution is 0.0559. The minimum atomic E-state index is -0.146. The first-order chi connectivity index (χ1) is 3.93. The smallest absolute Gasteiger partial charge is 0.106 e. The quantitative estimate of drug-likeness (QED) is 0.379. The van der Waals surface area contributed by atoms with E-state index in [0.29, 0.717) is 19.3 Å². The second kappa shape index (κ2) is 3.02. The van der Waals surface area contributed by atoms with Gasteiger partial charge in [0.2, 0.25) is 0 Å². The molecule has 1 rings (SSSR count). The molecule has 1 radical (unpaired) electrons. The molecular formula is C5H9O3. The molecule has 1 aliphatic heterocycles. The summed E-state index contributed by atoms with van der Waals surface area (Å²) >= 11 is 0. The van der Waals surface area contributed by atoms with Gasteiger partial charge in [-0.2, -0.15) is 0 Å². The summed E-state index contributed by atoms with van der Waals surface area (Å²) in [7, 11) is 0. The molecule has 0 aromatic carbocycles. The fraction of sp³-hybridized carbons (Fsp3) is 1.00. The number of ether oxygens (including phenoxy) is 2. The van der Waals surface area contributed by atoms with Crippen LogP contribution in [0.2, 0.25) is 0 Å². The first kappa shape index (κ1) is 6.01. The van der Waals surface area contributed by atoms with Crippen molar-refractivity contribution >= 4 is 0 Å². The van der Waals surface area contributed by atoms with E-state index in [1.807, 2.05) is 0 Å². The molecule has 47 valence electrons. The van der Waals surface area contributed by atoms with Crippen LogP contribution in [0.3, 0.4) is 0 Å². The average molecular weight is 117 g/mol. The van der Waals surface area contributed by atoms with Crippen molar-refractivity contribution < 1.29 is 14.6 Å². The number of hydrogen-bond acceptors (Lipinski definition) is 2. The summed E-state index contributed by atoms with van der Waals surface area (Å²) in [6.07, 6.45) is 0.293. The summed E-state index contributed by atoms with van der Waals surface area (Å²) in [6, 6.07) is 0. The molecule has 0 spiro atoms. The van der Waals surface area contributed by atoms with Crippen LogP contribution >= 0.6 is 0 Å². The minimum absolute atomic E-state index is 0.146. The van der Waals surface area contributed by atoms with Crippen molar-refractivity contribution in [2.24, 2.45) is 0 Å². The Morgan fingerprint density at radius 1 is 1.75 bits per heavy atom. The van der Waals surface area contributed by atoms with Crippen LogP contribution in [-0.4, -0.2) is 32.5 Å². The molecule has 0 aliphatic carbocycles. The largest absolute Gasteiger partial charge is 0.376 e. The second-order valence-corrected chi connectivity index (χ2v) is 1.73. The van der Waals surface area contributed by atoms with E-state index in [1.165, 1.54) is 0 Å². The lowest BCUT2D eigenvalue weighted by Gasteiger charge is -1.93. The van der Waals surface area contributed by atoms with Crippen molar-refractivity contribution in [3.63, 3.8) is 0 Å². The second-order valence-electron chi connectivity index (χ2n) is 1.73. The summed E-state index contributed by atoms with van der Waals surface area (Å²) in [5.41, 5.74) is 0. The highest BCUT2D eigenvalue weighted by atomic mass is 16.6. The van der Waals surface area contributed by atoms with Gasteiger partial charge < -0.3 is 9.47 Å². The summed E-state index contributed by atoms with van der Waals surface area (Å²) in [4.78, 5) is 0. The van der Waals surface area contributed by atoms with E-state index in [4.69, 9.17) is 9.47 Å². The highest BCUT2D eigenvalue weighted by Crippen LogP contribution is 2.07. The Bertz CT molecular complexity index is 60.7. The molecule has 0 aromatic heterocycles. The average Bonchev–Trinajstić information content (AvgIpc) is 2.51. The molecule has 3 nitrogen and oxygen atoms in total. The Labute approximate surface area is 48.2 Å². The third-order valence-corrected chi connectivity index (χ3v) is 0.934. The lowest BCUT2D eigenvalue weighted by atomic mass is 10.5. The normalized spacial score (nSPS) is 25.9. The predicted octanol–water partition coefficient (Wildman–Crippen LogP) is -0.168. The van der Waals surface area contributed by atoms with Crippen LogP contribution < -0.4 is 0 Å². The first-order valence-corrected chi connectivity index (χ1v) is 2.71. The minimum Gasteiger partial charge on any atom is -0.376 e. The van der Waals surface area contributed by atoms with Crippen LogP contribution in [0.15, 0.2) is 0 Å². The molecule has 8 heavy (non-hydrogen) atoms. The molecule has 1 atom stereocenters. The van der Waals surface area contributed by atoms with Crippen molar-refractivity contribution in [3.8, 4) is 0 Å². The molecule has 0 amide bonds. The maximum absolute atomic E-state index is 9.77. The van der Waals surface area contributed by atoms with Crippen LogP contribution in [0.1, 0.15) is 0 Å². The Hall–Kier alpha value is -0.120. The van der Waals surface area contributed by atoms with Crippen LogP contribution in [-0.2, 0) is 14.6 Å². The highest BCUT2D eigenvalue weighted by molar-refractivity contribution is 4.66. The van der Waals surface area contributed by atoms with Crippen molar-refractivity contribution in [1.82, 2.24) is 0 Å². The first-order valence-electron chi connectivity index (χ1n) is 2.71. The van der Waals surface area contributed by atoms with E-state index in [0.717, 1.165) is 6.61 Å². The summed E-state index contributed by atoms with van der Waals surface area (Å²) in [6.45, 7) is 1.58. The molecule has 0 aromatic rings. The van der Waals surface area contributed by atoms with E-state index in [1.54, 1.807) is 0 Å². The third-order valence-electron chi connectivity index (χ3n) is 0.934. The number of rotatable bonds is 4. The fourth-order valence-electron chi connectivity index (χ4n) is 0.438. The Balaban J connectivity index is 1.74. The van der Waals surface area contributed by atoms with Gasteiger partial charge in [0.05, 0.1) is 19.8 Å². The van der Waals surface area contributed by atoms with Gasteiger partial charge in [-0.1, -0.05) is 0 Å². The predicted molar refractivity (Wildman–Crippen MR) is 26.1 cm³/mol. The molecule has 0 bridgehead atoms. The van der Waals surface area contributed by atoms with Crippen molar-refractivity contribution in [2.75, 3.05) is 26.4 Å². The van der Waals surface area contributed by atoms with Gasteiger partial charge in [0.15, 0.2) is 0 Å². The van der Waals surface area contributed by atoms with Gasteiger partial charge in [-0.15, -0.1) is 0 Å². The van der Waals surface area contributed by atoms with Gasteiger partial charge in [-0.25, -0.2) is 5.11 Å². The van der Waals surface area contributed by atoms with Crippen LogP contribution in [0.4, 0.5) is 0 Å². The van der Waals surface area contributed by atoms with E-state index in [2.05, 4.69) is 0 Å². The maximum atomic E-state index is 9.77. The number of epoxide rings is 1. The standard InChI is InChI=1S/C5H9O3/c6-1-2-7-3-5-4-8-5/h5H,1-4H2. The SMILES string of the molecule is [O]CCOCC1CO1. The summed E-state index contributed by atoms with van der Waals surface area (Å²) in [5, 5.41) is 9.77. The molecule has 1 saturated heterocycles. The summed E-state index contributed by atoms with van der Waals surface area (Å²) < 4.78 is 9.70. The van der Waals surface area contributed by atoms with Crippen molar-refractivity contribution in [1.29, 1.82) is 0 Å². The Morgan fingerprint density at radius 3 is 3.00 bits per heavy atom. The zero-order chi connectivity index (χ0) is 5.82. The van der Waals surface area contributed by atoms with Crippen LogP contribution in [0, 0.1) is 0 Å². The zero-order valence-electron chi connectivity index (χ0n) is 4.63. The molecule has 3 heteroatoms. The van der Waals surface area contributed by atoms with E-state index >= 15 is 0 Å². The van der Waals surface area contributed by atoms with Crippen LogP contribution in [0.5, 0.6) is 0 Å². The van der Waals surface area contributed by atoms with Gasteiger partial charge >= 0.3 is 0 Å². The zero-order valence-corrected chi connectivity index (χ0v) is 4.63. The van der Waals surface area contributed by atoms with E-state index in [-0.39, 0.29) is 6.61 Å². The number of hydrogen-bond donors (Lipinski definition) is 0. The van der Waals surface area contributed by atoms with E-state index in [9.17, 15) is 5.11 Å². The molecule has 0 N–H and O–H groups in total. The molecular weight excluding hydrogens is 108 g/mol. The maximum Gasteiger partial charge on any atom is 0.106 e. The fourth-order valence-corrected chi connectivity index (χ4v) is 0.438. The van der Waals surface area contributed by atoms with Crippen LogP contribution in [0.25, 0.3) is 0 Å². The summed E-state index contributed by atoms with van der Waals surface area (Å²) in [5.74, 6) is 0. The lowest BCUT2D eigenvalue weighted by Crippen LogP contribution is -2.04. The Morgan fingerprint density at radius 2 is 2.50 bits per heavy atom. The van der Waals surface area contributed by atoms with Gasteiger partial charge in [0.1, 0.15) is 12.7 Å². The van der Waals surface area contributed by atoms with Crippen molar-refractivity contribution in [3.05, 3.63) is 0 Å². The topological polar surface area (TPSA) is 41.7 Å². The van der Waals surface area contributed by atoms with Gasteiger partial charge in [-0.3, -0.25) is 0 Å². The molecule has 0 saturated carbocycles. The van der Waals surface area contributed by atoms with Gasteiger partial charge in [0.25, 0.3) is 0 Å². The van der Waals surface area contributed by atoms with E-state index < -0.39 is 0 Å². The van der Waals surface area contributed by atoms with Gasteiger partial charge in [0, 0.05) is 0 Å². The molecule has 1 aliphatic rings. The molecule has 1 unspecified atom stereocenters. The molecule has 1 heterocycles. The third kappa shape index (κ3) is 2.26. The van der Waals surface area contributed by atoms with Gasteiger partial charge in [-0.05, 0) is 0 Å². The molecule has 1 fully saturated rings. The Kier molecular flexibility index (Phi) is 2.27. The highest BCUT2D eigenvalue weighted by Gasteiger charge is 2.21. The van der Waals surface area contributed by atoms with Crippen molar-refractivity contribution in [2.45, 2.75) is 6.10 Å². The monoisotopic (exact) mass is 117 g/mol.